The fraction of sp³-hybridized carbons (Fsp3) is 0.353. The van der Waals surface area contributed by atoms with E-state index in [1.165, 1.54) is 28.3 Å². The smallest absolute Gasteiger partial charge is 0.259 e. The number of fused-ring (bicyclic) bond motifs is 1. The van der Waals surface area contributed by atoms with Crippen molar-refractivity contribution in [3.8, 4) is 5.82 Å². The maximum absolute atomic E-state index is 12.9. The van der Waals surface area contributed by atoms with Gasteiger partial charge in [0.05, 0.1) is 6.20 Å². The second-order valence-electron chi connectivity index (χ2n) is 6.61. The Labute approximate surface area is 150 Å². The number of amides is 1. The van der Waals surface area contributed by atoms with Crippen LogP contribution in [0.15, 0.2) is 36.8 Å². The summed E-state index contributed by atoms with van der Waals surface area (Å²) in [5.41, 5.74) is 3.16. The van der Waals surface area contributed by atoms with Gasteiger partial charge in [-0.3, -0.25) is 14.8 Å². The molecular weight excluding hydrogens is 332 g/mol. The van der Waals surface area contributed by atoms with E-state index in [0.29, 0.717) is 17.9 Å². The van der Waals surface area contributed by atoms with E-state index in [-0.39, 0.29) is 11.9 Å². The molecule has 134 valence electrons. The molecule has 0 bridgehead atoms. The fourth-order valence-electron chi connectivity index (χ4n) is 3.40. The van der Waals surface area contributed by atoms with E-state index in [4.69, 9.17) is 0 Å². The number of H-pyrrole nitrogens is 1. The Morgan fingerprint density at radius 2 is 2.15 bits per heavy atom. The summed E-state index contributed by atoms with van der Waals surface area (Å²) in [7, 11) is 3.91. The minimum Gasteiger partial charge on any atom is -0.340 e. The minimum atomic E-state index is -0.114. The zero-order valence-corrected chi connectivity index (χ0v) is 14.7. The first kappa shape index (κ1) is 16.4. The summed E-state index contributed by atoms with van der Waals surface area (Å²) in [6.07, 6.45) is 3.86. The number of carbonyl (C=O) groups excluding carboxylic acids is 1. The molecular formula is C17H20N8O. The predicted molar refractivity (Wildman–Crippen MR) is 93.7 cm³/mol. The number of carbonyl (C=O) groups is 1. The Kier molecular flexibility index (Phi) is 4.21. The van der Waals surface area contributed by atoms with E-state index in [1.807, 2.05) is 7.05 Å². The SMILES string of the molecule is CN(CC1Cc2ccccc2CN1C)C(=O)c1cn[nH]c1-n1cnnn1. The van der Waals surface area contributed by atoms with Crippen LogP contribution in [0.2, 0.25) is 0 Å². The number of tetrazole rings is 1. The van der Waals surface area contributed by atoms with Gasteiger partial charge >= 0.3 is 0 Å². The number of aromatic nitrogens is 6. The van der Waals surface area contributed by atoms with Crippen LogP contribution in [-0.2, 0) is 13.0 Å². The average molecular weight is 352 g/mol. The first-order chi connectivity index (χ1) is 12.6. The summed E-state index contributed by atoms with van der Waals surface area (Å²) >= 11 is 0. The molecule has 9 heteroatoms. The highest BCUT2D eigenvalue weighted by Crippen LogP contribution is 2.23. The summed E-state index contributed by atoms with van der Waals surface area (Å²) in [5, 5.41) is 17.8. The molecule has 4 rings (SSSR count). The van der Waals surface area contributed by atoms with Crippen molar-refractivity contribution < 1.29 is 4.79 Å². The highest BCUT2D eigenvalue weighted by atomic mass is 16.2. The number of aromatic amines is 1. The first-order valence-corrected chi connectivity index (χ1v) is 8.42. The van der Waals surface area contributed by atoms with E-state index in [9.17, 15) is 4.79 Å². The molecule has 0 fully saturated rings. The van der Waals surface area contributed by atoms with Crippen molar-refractivity contribution in [2.24, 2.45) is 0 Å². The van der Waals surface area contributed by atoms with Crippen molar-refractivity contribution >= 4 is 5.91 Å². The summed E-state index contributed by atoms with van der Waals surface area (Å²) in [6, 6.07) is 8.74. The van der Waals surface area contributed by atoms with Crippen molar-refractivity contribution in [2.75, 3.05) is 20.6 Å². The third kappa shape index (κ3) is 2.97. The van der Waals surface area contributed by atoms with Crippen molar-refractivity contribution in [3.05, 3.63) is 53.5 Å². The van der Waals surface area contributed by atoms with Crippen LogP contribution >= 0.6 is 0 Å². The molecule has 0 saturated heterocycles. The monoisotopic (exact) mass is 352 g/mol. The Hall–Kier alpha value is -3.07. The maximum atomic E-state index is 12.9. The van der Waals surface area contributed by atoms with Crippen molar-refractivity contribution in [2.45, 2.75) is 19.0 Å². The maximum Gasteiger partial charge on any atom is 0.259 e. The molecule has 0 aliphatic carbocycles. The van der Waals surface area contributed by atoms with Gasteiger partial charge in [-0.1, -0.05) is 24.3 Å². The average Bonchev–Trinajstić information content (AvgIpc) is 3.32. The molecule has 9 nitrogen and oxygen atoms in total. The number of likely N-dealkylation sites (N-methyl/N-ethyl adjacent to an activating group) is 2. The zero-order chi connectivity index (χ0) is 18.1. The predicted octanol–water partition coefficient (Wildman–Crippen LogP) is 0.514. The van der Waals surface area contributed by atoms with Crippen LogP contribution < -0.4 is 0 Å². The molecule has 2 aromatic heterocycles. The number of nitrogens with one attached hydrogen (secondary N) is 1. The Bertz CT molecular complexity index is 903. The van der Waals surface area contributed by atoms with E-state index < -0.39 is 0 Å². The van der Waals surface area contributed by atoms with Gasteiger partial charge in [-0.15, -0.1) is 5.10 Å². The van der Waals surface area contributed by atoms with Gasteiger partial charge in [0.15, 0.2) is 5.82 Å². The van der Waals surface area contributed by atoms with Gasteiger partial charge in [0, 0.05) is 26.2 Å². The van der Waals surface area contributed by atoms with Gasteiger partial charge in [0.1, 0.15) is 11.9 Å². The molecule has 1 amide bonds. The number of hydrogen-bond acceptors (Lipinski definition) is 6. The molecule has 1 atom stereocenters. The van der Waals surface area contributed by atoms with Crippen LogP contribution in [-0.4, -0.2) is 72.8 Å². The van der Waals surface area contributed by atoms with E-state index in [1.54, 1.807) is 4.90 Å². The number of benzene rings is 1. The molecule has 1 aliphatic heterocycles. The lowest BCUT2D eigenvalue weighted by Gasteiger charge is -2.36. The van der Waals surface area contributed by atoms with Crippen LogP contribution in [0.25, 0.3) is 5.82 Å². The van der Waals surface area contributed by atoms with Crippen molar-refractivity contribution in [3.63, 3.8) is 0 Å². The fourth-order valence-corrected chi connectivity index (χ4v) is 3.40. The summed E-state index contributed by atoms with van der Waals surface area (Å²) < 4.78 is 1.40. The third-order valence-electron chi connectivity index (χ3n) is 4.88. The van der Waals surface area contributed by atoms with Crippen LogP contribution in [0.4, 0.5) is 0 Å². The lowest BCUT2D eigenvalue weighted by atomic mass is 9.94. The first-order valence-electron chi connectivity index (χ1n) is 8.42. The van der Waals surface area contributed by atoms with Crippen molar-refractivity contribution in [1.29, 1.82) is 0 Å². The minimum absolute atomic E-state index is 0.114. The highest BCUT2D eigenvalue weighted by molar-refractivity contribution is 5.96. The van der Waals surface area contributed by atoms with Crippen molar-refractivity contribution in [1.82, 2.24) is 40.2 Å². The van der Waals surface area contributed by atoms with Crippen LogP contribution in [0, 0.1) is 0 Å². The third-order valence-corrected chi connectivity index (χ3v) is 4.88. The molecule has 0 spiro atoms. The molecule has 1 unspecified atom stereocenters. The topological polar surface area (TPSA) is 95.8 Å². The summed E-state index contributed by atoms with van der Waals surface area (Å²) in [5.74, 6) is 0.353. The van der Waals surface area contributed by atoms with E-state index in [0.717, 1.165) is 13.0 Å². The standard InChI is InChI=1S/C17H20N8O/c1-23-9-13-6-4-3-5-12(13)7-14(23)10-24(2)17(26)15-8-18-20-16(15)25-11-19-21-22-25/h3-6,8,11,14H,7,9-10H2,1-2H3,(H,18,20). The molecule has 1 N–H and O–H groups in total. The molecule has 0 radical (unpaired) electrons. The van der Waals surface area contributed by atoms with Gasteiger partial charge < -0.3 is 4.90 Å². The highest BCUT2D eigenvalue weighted by Gasteiger charge is 2.27. The second kappa shape index (κ2) is 6.68. The molecule has 0 saturated carbocycles. The Morgan fingerprint density at radius 3 is 2.92 bits per heavy atom. The van der Waals surface area contributed by atoms with Crippen LogP contribution in [0.5, 0.6) is 0 Å². The second-order valence-corrected chi connectivity index (χ2v) is 6.61. The summed E-state index contributed by atoms with van der Waals surface area (Å²) in [4.78, 5) is 16.9. The van der Waals surface area contributed by atoms with E-state index >= 15 is 0 Å². The molecule has 26 heavy (non-hydrogen) atoms. The molecule has 3 heterocycles. The Balaban J connectivity index is 1.50. The summed E-state index contributed by atoms with van der Waals surface area (Å²) in [6.45, 7) is 1.52. The number of nitrogens with zero attached hydrogens (tertiary/aromatic N) is 7. The Morgan fingerprint density at radius 1 is 1.35 bits per heavy atom. The van der Waals surface area contributed by atoms with Gasteiger partial charge in [-0.2, -0.15) is 9.78 Å². The lowest BCUT2D eigenvalue weighted by Crippen LogP contribution is -2.46. The molecule has 1 aliphatic rings. The van der Waals surface area contributed by atoms with Gasteiger partial charge in [0.25, 0.3) is 5.91 Å². The number of hydrogen-bond donors (Lipinski definition) is 1. The van der Waals surface area contributed by atoms with Gasteiger partial charge in [-0.05, 0) is 35.0 Å². The van der Waals surface area contributed by atoms with Crippen LogP contribution in [0.1, 0.15) is 21.5 Å². The van der Waals surface area contributed by atoms with Gasteiger partial charge in [0.2, 0.25) is 0 Å². The van der Waals surface area contributed by atoms with Crippen LogP contribution in [0.3, 0.4) is 0 Å². The largest absolute Gasteiger partial charge is 0.340 e. The lowest BCUT2D eigenvalue weighted by molar-refractivity contribution is 0.0733. The van der Waals surface area contributed by atoms with Gasteiger partial charge in [-0.25, -0.2) is 0 Å². The number of rotatable bonds is 4. The molecule has 3 aromatic rings. The quantitative estimate of drug-likeness (QED) is 0.735. The molecule has 1 aromatic carbocycles. The van der Waals surface area contributed by atoms with E-state index in [2.05, 4.69) is 61.9 Å². The normalized spacial score (nSPS) is 17.1. The zero-order valence-electron chi connectivity index (χ0n) is 14.7.